The highest BCUT2D eigenvalue weighted by Gasteiger charge is 2.56. The Morgan fingerprint density at radius 3 is 1.62 bits per heavy atom. The molecule has 0 N–H and O–H groups in total. The number of rotatable bonds is 8. The molecular weight excluding hydrogens is 845 g/mol. The Hall–Kier alpha value is -6.25. The molecule has 14 nitrogen and oxygen atoms in total. The highest BCUT2D eigenvalue weighted by molar-refractivity contribution is 6.87. The van der Waals surface area contributed by atoms with Gasteiger partial charge in [-0.3, -0.25) is 8.47 Å². The van der Waals surface area contributed by atoms with Gasteiger partial charge in [0.25, 0.3) is 0 Å². The van der Waals surface area contributed by atoms with E-state index in [9.17, 15) is 9.59 Å². The van der Waals surface area contributed by atoms with Crippen LogP contribution in [0.25, 0.3) is 21.5 Å². The molecule has 4 aromatic carbocycles. The number of nitrogens with zero attached hydrogens (tertiary/aromatic N) is 8. The molecule has 318 valence electrons. The van der Waals surface area contributed by atoms with Crippen LogP contribution in [0.3, 0.4) is 0 Å². The van der Waals surface area contributed by atoms with Crippen molar-refractivity contribution in [1.29, 1.82) is 0 Å². The Bertz CT molecular complexity index is 3300. The lowest BCUT2D eigenvalue weighted by atomic mass is 10.0. The molecule has 0 spiro atoms. The molecule has 17 heteroatoms. The van der Waals surface area contributed by atoms with Crippen LogP contribution in [0, 0.1) is 13.8 Å². The van der Waals surface area contributed by atoms with E-state index in [1.807, 2.05) is 35.4 Å². The summed E-state index contributed by atoms with van der Waals surface area (Å²) in [6, 6.07) is 23.2. The Balaban J connectivity index is 1.51. The molecular formula is C46H46N8O6Si3. The van der Waals surface area contributed by atoms with Gasteiger partial charge in [-0.05, 0) is 116 Å². The van der Waals surface area contributed by atoms with Crippen LogP contribution in [0.2, 0.25) is 39.3 Å². The lowest BCUT2D eigenvalue weighted by Gasteiger charge is -2.41. The van der Waals surface area contributed by atoms with Gasteiger partial charge < -0.3 is 17.7 Å². The van der Waals surface area contributed by atoms with E-state index in [1.54, 1.807) is 38.1 Å². The number of hydrogen-bond acceptors (Lipinski definition) is 12. The number of aliphatic imine (C=N–C) groups is 4. The van der Waals surface area contributed by atoms with Crippen molar-refractivity contribution in [3.8, 4) is 0 Å². The van der Waals surface area contributed by atoms with Crippen molar-refractivity contribution in [1.82, 2.24) is 8.47 Å². The molecule has 0 amide bonds. The summed E-state index contributed by atoms with van der Waals surface area (Å²) >= 11 is 0. The maximum absolute atomic E-state index is 13.6. The molecule has 4 aliphatic heterocycles. The number of aromatic nitrogens is 2. The average Bonchev–Trinajstić information content (AvgIpc) is 3.91. The standard InChI is InChI=1S/C46H46N8O6Si3/c1-11-57-45(55)27-15-19-30-34(23-27)40-48-38(30)49-43-35-22-26(4)14-18-31(35)41-51-39-33-21-25(3)13-17-29(33)37(47-39)50-44-36-24-28(46(56)58-12-2)16-20-32(36)42(52-40)54(44)63(53(41)43,59-61(5,6)7)60-62(8,9)10/h13-24H,11-12H2,1-10H3. The molecule has 0 aliphatic carbocycles. The van der Waals surface area contributed by atoms with Crippen molar-refractivity contribution in [2.75, 3.05) is 13.2 Å². The van der Waals surface area contributed by atoms with E-state index < -0.39 is 37.5 Å². The van der Waals surface area contributed by atoms with Gasteiger partial charge in [0.1, 0.15) is 22.6 Å². The van der Waals surface area contributed by atoms with Crippen LogP contribution >= 0.6 is 0 Å². The average molecular weight is 891 g/mol. The highest BCUT2D eigenvalue weighted by Crippen LogP contribution is 2.45. The number of esters is 2. The minimum Gasteiger partial charge on any atom is -0.462 e. The number of carbonyl (C=O) groups excluding carboxylic acids is 2. The molecule has 0 radical (unpaired) electrons. The van der Waals surface area contributed by atoms with Crippen molar-refractivity contribution in [2.45, 2.75) is 67.0 Å². The van der Waals surface area contributed by atoms with Gasteiger partial charge in [-0.1, -0.05) is 35.4 Å². The second kappa shape index (κ2) is 14.4. The fourth-order valence-electron chi connectivity index (χ4n) is 8.55. The largest absolute Gasteiger partial charge is 0.582 e. The first kappa shape index (κ1) is 40.8. The summed E-state index contributed by atoms with van der Waals surface area (Å²) in [5.41, 5.74) is 6.78. The first-order chi connectivity index (χ1) is 30.0. The second-order valence-electron chi connectivity index (χ2n) is 18.0. The summed E-state index contributed by atoms with van der Waals surface area (Å²) in [4.78, 5) is 59.3. The Morgan fingerprint density at radius 2 is 0.984 bits per heavy atom. The van der Waals surface area contributed by atoms with Crippen molar-refractivity contribution < 1.29 is 27.3 Å². The molecule has 0 saturated carbocycles. The zero-order valence-electron chi connectivity index (χ0n) is 36.9. The van der Waals surface area contributed by atoms with Crippen LogP contribution in [-0.4, -0.2) is 82.5 Å². The van der Waals surface area contributed by atoms with Gasteiger partial charge in [-0.2, -0.15) is 0 Å². The molecule has 6 heterocycles. The van der Waals surface area contributed by atoms with E-state index in [4.69, 9.17) is 47.7 Å². The van der Waals surface area contributed by atoms with Gasteiger partial charge in [-0.25, -0.2) is 39.5 Å². The van der Waals surface area contributed by atoms with Crippen molar-refractivity contribution in [3.63, 3.8) is 0 Å². The van der Waals surface area contributed by atoms with E-state index in [-0.39, 0.29) is 13.2 Å². The predicted octanol–water partition coefficient (Wildman–Crippen LogP) is 8.04. The third-order valence-corrected chi connectivity index (χ3v) is 19.9. The SMILES string of the molecule is CCOC(=O)c1ccc2c(c1)C1=Nc3c4ccc(C(=O)OCC)cc4c4n3[Si](O[Si](C)(C)C)(O[Si](C)(C)C)n3c(c5ccc(C)cc5c3=NC2=N1)=NC1=NC(=N4)c2ccc(C)cc21. The molecule has 6 aromatic rings. The summed E-state index contributed by atoms with van der Waals surface area (Å²) in [6.45, 7) is 21.0. The Kier molecular flexibility index (Phi) is 9.32. The molecule has 0 unspecified atom stereocenters. The molecule has 6 bridgehead atoms. The van der Waals surface area contributed by atoms with Crippen LogP contribution in [0.15, 0.2) is 103 Å². The quantitative estimate of drug-likeness (QED) is 0.111. The maximum atomic E-state index is 13.6. The van der Waals surface area contributed by atoms with Gasteiger partial charge >= 0.3 is 20.8 Å². The smallest absolute Gasteiger partial charge is 0.462 e. The van der Waals surface area contributed by atoms with Crippen LogP contribution in [-0.2, 0) is 17.7 Å². The van der Waals surface area contributed by atoms with Gasteiger partial charge in [0.15, 0.2) is 40.0 Å². The summed E-state index contributed by atoms with van der Waals surface area (Å²) in [5.74, 6) is 1.60. The molecule has 63 heavy (non-hydrogen) atoms. The fourth-order valence-corrected chi connectivity index (χ4v) is 18.9. The summed E-state index contributed by atoms with van der Waals surface area (Å²) in [6.07, 6.45) is 0. The zero-order chi connectivity index (χ0) is 44.3. The Labute approximate surface area is 366 Å². The molecule has 0 saturated heterocycles. The van der Waals surface area contributed by atoms with E-state index in [2.05, 4.69) is 74.7 Å². The summed E-state index contributed by atoms with van der Waals surface area (Å²) in [5, 5.41) is 2.90. The molecule has 0 atom stereocenters. The number of ether oxygens (including phenoxy) is 2. The predicted molar refractivity (Wildman–Crippen MR) is 251 cm³/mol. The van der Waals surface area contributed by atoms with Gasteiger partial charge in [0.05, 0.1) is 24.3 Å². The highest BCUT2D eigenvalue weighted by atomic mass is 28.5. The maximum Gasteiger partial charge on any atom is 0.582 e. The Morgan fingerprint density at radius 1 is 0.508 bits per heavy atom. The minimum atomic E-state index is -4.35. The first-order valence-corrected chi connectivity index (χ1v) is 29.6. The lowest BCUT2D eigenvalue weighted by molar-refractivity contribution is 0.0517. The van der Waals surface area contributed by atoms with Crippen molar-refractivity contribution >= 4 is 94.0 Å². The number of aryl methyl sites for hydroxylation is 2. The van der Waals surface area contributed by atoms with Crippen molar-refractivity contribution in [2.24, 2.45) is 30.0 Å². The van der Waals surface area contributed by atoms with Crippen LogP contribution in [0.1, 0.15) is 67.9 Å². The third kappa shape index (κ3) is 6.64. The van der Waals surface area contributed by atoms with Gasteiger partial charge in [0.2, 0.25) is 0 Å². The van der Waals surface area contributed by atoms with Gasteiger partial charge in [-0.15, -0.1) is 0 Å². The fraction of sp³-hybridized carbons (Fsp3) is 0.261. The van der Waals surface area contributed by atoms with Gasteiger partial charge in [0, 0.05) is 43.8 Å². The molecule has 10 rings (SSSR count). The molecule has 0 fully saturated rings. The van der Waals surface area contributed by atoms with Crippen LogP contribution < -0.4 is 11.0 Å². The normalized spacial score (nSPS) is 15.7. The van der Waals surface area contributed by atoms with Crippen LogP contribution in [0.4, 0.5) is 11.6 Å². The van der Waals surface area contributed by atoms with E-state index >= 15 is 0 Å². The van der Waals surface area contributed by atoms with Crippen LogP contribution in [0.5, 0.6) is 0 Å². The number of benzene rings is 4. The topological polar surface area (TPSA) is 155 Å². The monoisotopic (exact) mass is 890 g/mol. The molecule has 4 aliphatic rings. The summed E-state index contributed by atoms with van der Waals surface area (Å²) < 4.78 is 30.8. The number of carbonyl (C=O) groups is 2. The first-order valence-electron chi connectivity index (χ1n) is 21.1. The van der Waals surface area contributed by atoms with E-state index in [0.29, 0.717) is 79.0 Å². The lowest BCUT2D eigenvalue weighted by Crippen LogP contribution is -2.69. The van der Waals surface area contributed by atoms with E-state index in [1.165, 1.54) is 0 Å². The van der Waals surface area contributed by atoms with Crippen molar-refractivity contribution in [3.05, 3.63) is 128 Å². The third-order valence-electron chi connectivity index (χ3n) is 10.9. The minimum absolute atomic E-state index is 0.205. The van der Waals surface area contributed by atoms with E-state index in [0.717, 1.165) is 33.0 Å². The number of hydrogen-bond donors (Lipinski definition) is 0. The number of fused-ring (bicyclic) bond motifs is 14. The number of amidine groups is 4. The molecule has 2 aromatic heterocycles. The summed E-state index contributed by atoms with van der Waals surface area (Å²) in [7, 11) is -9.72. The zero-order valence-corrected chi connectivity index (χ0v) is 39.9. The second-order valence-corrected chi connectivity index (χ2v) is 30.0.